The first-order chi connectivity index (χ1) is 33.7. The van der Waals surface area contributed by atoms with E-state index in [9.17, 15) is 0 Å². The van der Waals surface area contributed by atoms with Crippen LogP contribution in [0, 0.1) is 0 Å². The Morgan fingerprint density at radius 2 is 0.574 bits per heavy atom. The van der Waals surface area contributed by atoms with Crippen molar-refractivity contribution in [3.63, 3.8) is 0 Å². The molecule has 316 valence electrons. The Morgan fingerprint density at radius 1 is 0.235 bits per heavy atom. The van der Waals surface area contributed by atoms with Gasteiger partial charge in [-0.3, -0.25) is 9.97 Å². The smallest absolute Gasteiger partial charge is 0.0571 e. The molecule has 0 spiro atoms. The Balaban J connectivity index is 1.01. The fraction of sp³-hybridized carbons (Fsp3) is 0. The Kier molecular flexibility index (Phi) is 8.55. The van der Waals surface area contributed by atoms with Gasteiger partial charge in [0, 0.05) is 57.7 Å². The Bertz CT molecular complexity index is 3960. The number of pyridine rings is 2. The molecule has 0 fully saturated rings. The maximum absolute atomic E-state index is 4.62. The number of aromatic nitrogens is 4. The second-order valence-corrected chi connectivity index (χ2v) is 17.8. The summed E-state index contributed by atoms with van der Waals surface area (Å²) < 4.78 is 4.69. The van der Waals surface area contributed by atoms with Gasteiger partial charge in [-0.25, -0.2) is 0 Å². The Morgan fingerprint density at radius 3 is 1.00 bits per heavy atom. The molecule has 1 aliphatic carbocycles. The molecule has 0 radical (unpaired) electrons. The van der Waals surface area contributed by atoms with Crippen molar-refractivity contribution in [2.75, 3.05) is 0 Å². The van der Waals surface area contributed by atoms with Crippen molar-refractivity contribution in [1.29, 1.82) is 0 Å². The fourth-order valence-electron chi connectivity index (χ4n) is 11.0. The maximum atomic E-state index is 4.62. The third kappa shape index (κ3) is 5.94. The average Bonchev–Trinajstić information content (AvgIpc) is 3.93. The second kappa shape index (κ2) is 15.2. The molecule has 0 aliphatic heterocycles. The molecule has 0 bridgehead atoms. The van der Waals surface area contributed by atoms with Crippen LogP contribution in [-0.4, -0.2) is 19.1 Å². The van der Waals surface area contributed by atoms with E-state index in [1.165, 1.54) is 55.3 Å². The molecule has 14 rings (SSSR count). The largest absolute Gasteiger partial charge is 0.309 e. The quantitative estimate of drug-likeness (QED) is 0.173. The highest BCUT2D eigenvalue weighted by Crippen LogP contribution is 2.49. The molecular weight excluding hydrogens is 825 g/mol. The van der Waals surface area contributed by atoms with Crippen LogP contribution in [0.4, 0.5) is 0 Å². The van der Waals surface area contributed by atoms with E-state index in [0.29, 0.717) is 0 Å². The molecule has 0 unspecified atom stereocenters. The summed E-state index contributed by atoms with van der Waals surface area (Å²) in [5.74, 6) is 0. The number of fused-ring (bicyclic) bond motifs is 14. The van der Waals surface area contributed by atoms with Crippen LogP contribution in [0.1, 0.15) is 0 Å². The van der Waals surface area contributed by atoms with Gasteiger partial charge in [-0.2, -0.15) is 0 Å². The van der Waals surface area contributed by atoms with Crippen LogP contribution in [0.15, 0.2) is 243 Å². The first-order valence-corrected chi connectivity index (χ1v) is 23.2. The molecule has 0 saturated heterocycles. The molecule has 1 aliphatic rings. The first kappa shape index (κ1) is 38.2. The molecule has 0 N–H and O–H groups in total. The lowest BCUT2D eigenvalue weighted by Crippen LogP contribution is -1.97. The molecule has 13 aromatic rings. The average molecular weight is 865 g/mol. The predicted molar refractivity (Wildman–Crippen MR) is 282 cm³/mol. The van der Waals surface area contributed by atoms with Crippen molar-refractivity contribution in [3.05, 3.63) is 243 Å². The standard InChI is InChI=1S/C64H40N4/c1-3-13-47(14-4-1)67-61-27-24-42(37-57(61)59-39-65-31-29-63(59)67)45-33-44(34-46(35-45)43-25-28-62-58(38-43)60-40-66-32-30-64(60)68(62)48-15-5-2-6-16-48)41-23-26-55-53-21-10-9-19-51(53)49-17-7-8-18-50(49)52-20-11-12-22-54(52)56(55)36-41/h1-40H. The third-order valence-electron chi connectivity index (χ3n) is 14.1. The summed E-state index contributed by atoms with van der Waals surface area (Å²) in [5.41, 5.74) is 23.6. The van der Waals surface area contributed by atoms with Crippen LogP contribution >= 0.6 is 0 Å². The highest BCUT2D eigenvalue weighted by atomic mass is 15.0. The predicted octanol–water partition coefficient (Wildman–Crippen LogP) is 16.7. The lowest BCUT2D eigenvalue weighted by molar-refractivity contribution is 1.17. The van der Waals surface area contributed by atoms with Crippen LogP contribution in [-0.2, 0) is 0 Å². The zero-order valence-corrected chi connectivity index (χ0v) is 36.9. The number of para-hydroxylation sites is 2. The van der Waals surface area contributed by atoms with E-state index in [1.54, 1.807) is 0 Å². The SMILES string of the molecule is c1ccc(-n2c3ccncc3c3cc(-c4cc(-c5ccc6c(c5)-c5ccccc5-c5ccccc5-c5ccccc5-6)cc(-c5ccc6c(c5)c5cnccc5n6-c5ccccc5)c4)ccc32)cc1. The van der Waals surface area contributed by atoms with Crippen molar-refractivity contribution in [2.45, 2.75) is 0 Å². The molecular formula is C64H40N4. The molecule has 4 nitrogen and oxygen atoms in total. The van der Waals surface area contributed by atoms with E-state index < -0.39 is 0 Å². The normalized spacial score (nSPS) is 11.8. The molecule has 0 saturated carbocycles. The molecule has 9 aromatic carbocycles. The van der Waals surface area contributed by atoms with Crippen LogP contribution in [0.3, 0.4) is 0 Å². The molecule has 4 heterocycles. The molecule has 4 aromatic heterocycles. The van der Waals surface area contributed by atoms with Gasteiger partial charge in [0.05, 0.1) is 22.1 Å². The van der Waals surface area contributed by atoms with Gasteiger partial charge in [-0.05, 0) is 163 Å². The topological polar surface area (TPSA) is 35.6 Å². The van der Waals surface area contributed by atoms with E-state index in [0.717, 1.165) is 77.6 Å². The highest BCUT2D eigenvalue weighted by Gasteiger charge is 2.23. The number of benzene rings is 9. The molecule has 0 atom stereocenters. The van der Waals surface area contributed by atoms with Gasteiger partial charge in [0.1, 0.15) is 0 Å². The summed E-state index contributed by atoms with van der Waals surface area (Å²) in [6, 6.07) is 80.1. The summed E-state index contributed by atoms with van der Waals surface area (Å²) in [4.78, 5) is 9.24. The lowest BCUT2D eigenvalue weighted by Gasteiger charge is -2.23. The monoisotopic (exact) mass is 864 g/mol. The van der Waals surface area contributed by atoms with Crippen molar-refractivity contribution >= 4 is 43.6 Å². The molecule has 0 amide bonds. The molecule has 68 heavy (non-hydrogen) atoms. The van der Waals surface area contributed by atoms with E-state index in [2.05, 4.69) is 237 Å². The van der Waals surface area contributed by atoms with E-state index in [1.807, 2.05) is 24.8 Å². The third-order valence-corrected chi connectivity index (χ3v) is 14.1. The number of hydrogen-bond donors (Lipinski definition) is 0. The number of hydrogen-bond acceptors (Lipinski definition) is 2. The summed E-state index contributed by atoms with van der Waals surface area (Å²) in [7, 11) is 0. The zero-order valence-electron chi connectivity index (χ0n) is 36.9. The van der Waals surface area contributed by atoms with Crippen molar-refractivity contribution in [3.8, 4) is 89.3 Å². The van der Waals surface area contributed by atoms with Gasteiger partial charge in [0.25, 0.3) is 0 Å². The van der Waals surface area contributed by atoms with Gasteiger partial charge >= 0.3 is 0 Å². The fourth-order valence-corrected chi connectivity index (χ4v) is 11.0. The zero-order chi connectivity index (χ0) is 44.7. The molecule has 4 heteroatoms. The minimum absolute atomic E-state index is 1.13. The van der Waals surface area contributed by atoms with Gasteiger partial charge < -0.3 is 9.13 Å². The minimum atomic E-state index is 1.13. The second-order valence-electron chi connectivity index (χ2n) is 17.8. The van der Waals surface area contributed by atoms with Crippen molar-refractivity contribution in [1.82, 2.24) is 19.1 Å². The summed E-state index contributed by atoms with van der Waals surface area (Å²) >= 11 is 0. The maximum Gasteiger partial charge on any atom is 0.0571 e. The van der Waals surface area contributed by atoms with Crippen molar-refractivity contribution in [2.24, 2.45) is 0 Å². The van der Waals surface area contributed by atoms with E-state index >= 15 is 0 Å². The summed E-state index contributed by atoms with van der Waals surface area (Å²) in [5, 5.41) is 4.59. The van der Waals surface area contributed by atoms with Gasteiger partial charge in [0.15, 0.2) is 0 Å². The highest BCUT2D eigenvalue weighted by molar-refractivity contribution is 6.12. The minimum Gasteiger partial charge on any atom is -0.309 e. The first-order valence-electron chi connectivity index (χ1n) is 23.2. The lowest BCUT2D eigenvalue weighted by atomic mass is 9.80. The number of rotatable bonds is 5. The van der Waals surface area contributed by atoms with E-state index in [-0.39, 0.29) is 0 Å². The van der Waals surface area contributed by atoms with Crippen molar-refractivity contribution < 1.29 is 0 Å². The van der Waals surface area contributed by atoms with Gasteiger partial charge in [-0.15, -0.1) is 0 Å². The van der Waals surface area contributed by atoms with Crippen LogP contribution in [0.25, 0.3) is 133 Å². The van der Waals surface area contributed by atoms with Crippen LogP contribution < -0.4 is 0 Å². The number of nitrogens with zero attached hydrogens (tertiary/aromatic N) is 4. The van der Waals surface area contributed by atoms with Gasteiger partial charge in [0.2, 0.25) is 0 Å². The van der Waals surface area contributed by atoms with Gasteiger partial charge in [-0.1, -0.05) is 133 Å². The van der Waals surface area contributed by atoms with E-state index in [4.69, 9.17) is 0 Å². The summed E-state index contributed by atoms with van der Waals surface area (Å²) in [6.07, 6.45) is 7.79. The van der Waals surface area contributed by atoms with Crippen LogP contribution in [0.5, 0.6) is 0 Å². The van der Waals surface area contributed by atoms with Crippen LogP contribution in [0.2, 0.25) is 0 Å². The summed E-state index contributed by atoms with van der Waals surface area (Å²) in [6.45, 7) is 0. The Labute approximate surface area is 393 Å². The Hall–Kier alpha value is -9.12.